The number of benzene rings is 3. The van der Waals surface area contributed by atoms with Crippen LogP contribution in [0, 0.1) is 12.7 Å². The highest BCUT2D eigenvalue weighted by molar-refractivity contribution is 5.96. The van der Waals surface area contributed by atoms with Gasteiger partial charge in [-0.05, 0) is 60.5 Å². The number of aryl methyl sites for hydroxylation is 1. The fourth-order valence-electron chi connectivity index (χ4n) is 2.81. The number of methoxy groups -OCH3 is 1. The number of hydrogen-bond donors (Lipinski definition) is 2. The standard InChI is InChI=1S/C25H24FN3O4/c1-17-3-8-20(9-4-17)25(31)27-15-24(30)29-28-14-19-7-12-22(23(13-19)32-2)33-16-18-5-10-21(26)11-6-18/h3-14H,15-16H2,1-2H3,(H,27,31)(H,29,30). The SMILES string of the molecule is COc1cc(C=NNC(=O)CNC(=O)c2ccc(C)cc2)ccc1OCc1ccc(F)cc1. The molecule has 2 amide bonds. The maximum absolute atomic E-state index is 13.0. The van der Waals surface area contributed by atoms with Crippen LogP contribution in [-0.4, -0.2) is 31.7 Å². The lowest BCUT2D eigenvalue weighted by atomic mass is 10.1. The van der Waals surface area contributed by atoms with Crippen LogP contribution in [0.5, 0.6) is 11.5 Å². The van der Waals surface area contributed by atoms with E-state index >= 15 is 0 Å². The summed E-state index contributed by atoms with van der Waals surface area (Å²) in [6.45, 7) is 1.98. The summed E-state index contributed by atoms with van der Waals surface area (Å²) in [4.78, 5) is 24.0. The highest BCUT2D eigenvalue weighted by atomic mass is 19.1. The molecule has 2 N–H and O–H groups in total. The van der Waals surface area contributed by atoms with Crippen LogP contribution < -0.4 is 20.2 Å². The average Bonchev–Trinajstić information content (AvgIpc) is 2.83. The molecule has 7 nitrogen and oxygen atoms in total. The Morgan fingerprint density at radius 2 is 1.73 bits per heavy atom. The van der Waals surface area contributed by atoms with Crippen LogP contribution in [0.1, 0.15) is 27.0 Å². The molecule has 3 aromatic rings. The molecule has 3 aromatic carbocycles. The zero-order chi connectivity index (χ0) is 23.6. The average molecular weight is 449 g/mol. The topological polar surface area (TPSA) is 89.0 Å². The quantitative estimate of drug-likeness (QED) is 0.386. The van der Waals surface area contributed by atoms with E-state index in [0.717, 1.165) is 11.1 Å². The molecule has 0 fully saturated rings. The van der Waals surface area contributed by atoms with Crippen LogP contribution in [0.4, 0.5) is 4.39 Å². The van der Waals surface area contributed by atoms with E-state index in [4.69, 9.17) is 9.47 Å². The lowest BCUT2D eigenvalue weighted by molar-refractivity contribution is -0.120. The van der Waals surface area contributed by atoms with E-state index in [1.54, 1.807) is 42.5 Å². The van der Waals surface area contributed by atoms with E-state index in [0.29, 0.717) is 22.6 Å². The number of carbonyl (C=O) groups is 2. The Bertz CT molecular complexity index is 1130. The molecular formula is C25H24FN3O4. The van der Waals surface area contributed by atoms with Gasteiger partial charge in [-0.2, -0.15) is 5.10 Å². The monoisotopic (exact) mass is 449 g/mol. The van der Waals surface area contributed by atoms with Crippen molar-refractivity contribution in [3.05, 3.63) is 94.8 Å². The Kier molecular flexibility index (Phi) is 8.13. The molecule has 0 unspecified atom stereocenters. The number of carbonyl (C=O) groups excluding carboxylic acids is 2. The minimum absolute atomic E-state index is 0.205. The second kappa shape index (κ2) is 11.4. The van der Waals surface area contributed by atoms with Gasteiger partial charge in [-0.1, -0.05) is 29.8 Å². The van der Waals surface area contributed by atoms with E-state index in [-0.39, 0.29) is 24.9 Å². The molecule has 0 atom stereocenters. The molecule has 0 aliphatic carbocycles. The third-order valence-electron chi connectivity index (χ3n) is 4.62. The first-order chi connectivity index (χ1) is 15.9. The van der Waals surface area contributed by atoms with Gasteiger partial charge in [0, 0.05) is 5.56 Å². The molecule has 0 radical (unpaired) electrons. The highest BCUT2D eigenvalue weighted by Crippen LogP contribution is 2.28. The minimum Gasteiger partial charge on any atom is -0.493 e. The van der Waals surface area contributed by atoms with Crippen molar-refractivity contribution >= 4 is 18.0 Å². The summed E-state index contributed by atoms with van der Waals surface area (Å²) in [5.41, 5.74) is 5.38. The van der Waals surface area contributed by atoms with Crippen molar-refractivity contribution in [2.24, 2.45) is 5.10 Å². The molecule has 0 aliphatic rings. The van der Waals surface area contributed by atoms with Crippen LogP contribution >= 0.6 is 0 Å². The summed E-state index contributed by atoms with van der Waals surface area (Å²) in [7, 11) is 1.51. The number of nitrogens with zero attached hydrogens (tertiary/aromatic N) is 1. The van der Waals surface area contributed by atoms with Gasteiger partial charge in [0.15, 0.2) is 11.5 Å². The molecule has 0 aliphatic heterocycles. The van der Waals surface area contributed by atoms with Crippen molar-refractivity contribution in [2.75, 3.05) is 13.7 Å². The van der Waals surface area contributed by atoms with E-state index < -0.39 is 5.91 Å². The van der Waals surface area contributed by atoms with Gasteiger partial charge in [0.2, 0.25) is 0 Å². The Morgan fingerprint density at radius 3 is 2.42 bits per heavy atom. The number of ether oxygens (including phenoxy) is 2. The van der Waals surface area contributed by atoms with Crippen molar-refractivity contribution in [2.45, 2.75) is 13.5 Å². The summed E-state index contributed by atoms with van der Waals surface area (Å²) < 4.78 is 24.1. The van der Waals surface area contributed by atoms with Gasteiger partial charge < -0.3 is 14.8 Å². The largest absolute Gasteiger partial charge is 0.493 e. The zero-order valence-electron chi connectivity index (χ0n) is 18.3. The first kappa shape index (κ1) is 23.5. The summed E-state index contributed by atoms with van der Waals surface area (Å²) in [5, 5.41) is 6.44. The summed E-state index contributed by atoms with van der Waals surface area (Å²) in [5.74, 6) is -0.103. The number of nitrogens with one attached hydrogen (secondary N) is 2. The van der Waals surface area contributed by atoms with Crippen LogP contribution in [0.2, 0.25) is 0 Å². The van der Waals surface area contributed by atoms with Crippen molar-refractivity contribution in [3.8, 4) is 11.5 Å². The Labute approximate surface area is 191 Å². The second-order valence-electron chi connectivity index (χ2n) is 7.17. The van der Waals surface area contributed by atoms with E-state index in [2.05, 4.69) is 15.8 Å². The van der Waals surface area contributed by atoms with Gasteiger partial charge in [0.25, 0.3) is 11.8 Å². The van der Waals surface area contributed by atoms with Gasteiger partial charge in [0.1, 0.15) is 12.4 Å². The first-order valence-electron chi connectivity index (χ1n) is 10.2. The van der Waals surface area contributed by atoms with Gasteiger partial charge >= 0.3 is 0 Å². The highest BCUT2D eigenvalue weighted by Gasteiger charge is 2.08. The summed E-state index contributed by atoms with van der Waals surface area (Å²) in [6, 6.07) is 18.2. The predicted molar refractivity (Wildman–Crippen MR) is 123 cm³/mol. The van der Waals surface area contributed by atoms with Crippen LogP contribution in [0.15, 0.2) is 71.8 Å². The van der Waals surface area contributed by atoms with Gasteiger partial charge in [-0.3, -0.25) is 9.59 Å². The number of amides is 2. The van der Waals surface area contributed by atoms with Crippen molar-refractivity contribution in [1.29, 1.82) is 0 Å². The fraction of sp³-hybridized carbons (Fsp3) is 0.160. The number of halogens is 1. The molecule has 0 aromatic heterocycles. The molecule has 33 heavy (non-hydrogen) atoms. The first-order valence-corrected chi connectivity index (χ1v) is 10.2. The molecule has 0 saturated heterocycles. The van der Waals surface area contributed by atoms with E-state index in [1.165, 1.54) is 25.5 Å². The molecule has 0 bridgehead atoms. The molecule has 8 heteroatoms. The van der Waals surface area contributed by atoms with Gasteiger partial charge in [0.05, 0.1) is 19.9 Å². The van der Waals surface area contributed by atoms with E-state index in [1.807, 2.05) is 19.1 Å². The number of hydrogen-bond acceptors (Lipinski definition) is 5. The molecule has 170 valence electrons. The third kappa shape index (κ3) is 7.17. The van der Waals surface area contributed by atoms with Crippen LogP contribution in [-0.2, 0) is 11.4 Å². The van der Waals surface area contributed by atoms with Gasteiger partial charge in [-0.15, -0.1) is 0 Å². The molecule has 0 heterocycles. The van der Waals surface area contributed by atoms with Gasteiger partial charge in [-0.25, -0.2) is 9.82 Å². The van der Waals surface area contributed by atoms with Crippen molar-refractivity contribution in [1.82, 2.24) is 10.7 Å². The lowest BCUT2D eigenvalue weighted by Gasteiger charge is -2.11. The minimum atomic E-state index is -0.460. The Hall–Kier alpha value is -4.20. The van der Waals surface area contributed by atoms with Crippen molar-refractivity contribution < 1.29 is 23.5 Å². The lowest BCUT2D eigenvalue weighted by Crippen LogP contribution is -2.34. The normalized spacial score (nSPS) is 10.6. The molecule has 3 rings (SSSR count). The summed E-state index contributed by atoms with van der Waals surface area (Å²) in [6.07, 6.45) is 1.45. The zero-order valence-corrected chi connectivity index (χ0v) is 18.3. The van der Waals surface area contributed by atoms with E-state index in [9.17, 15) is 14.0 Å². The smallest absolute Gasteiger partial charge is 0.259 e. The maximum atomic E-state index is 13.0. The van der Waals surface area contributed by atoms with Crippen LogP contribution in [0.3, 0.4) is 0 Å². The molecule has 0 saturated carbocycles. The second-order valence-corrected chi connectivity index (χ2v) is 7.17. The Balaban J connectivity index is 1.49. The molecule has 0 spiro atoms. The molecular weight excluding hydrogens is 425 g/mol. The number of rotatable bonds is 9. The third-order valence-corrected chi connectivity index (χ3v) is 4.62. The number of hydrazone groups is 1. The van der Waals surface area contributed by atoms with Crippen molar-refractivity contribution in [3.63, 3.8) is 0 Å². The van der Waals surface area contributed by atoms with Crippen LogP contribution in [0.25, 0.3) is 0 Å². The Morgan fingerprint density at radius 1 is 1.00 bits per heavy atom. The maximum Gasteiger partial charge on any atom is 0.259 e. The fourth-order valence-corrected chi connectivity index (χ4v) is 2.81. The summed E-state index contributed by atoms with van der Waals surface area (Å²) >= 11 is 0. The predicted octanol–water partition coefficient (Wildman–Crippen LogP) is 3.60.